The summed E-state index contributed by atoms with van der Waals surface area (Å²) in [5, 5.41) is 0. The summed E-state index contributed by atoms with van der Waals surface area (Å²) in [6.45, 7) is 13.2. The number of hydrogen-bond donors (Lipinski definition) is 0. The first-order valence-corrected chi connectivity index (χ1v) is 35.7. The quantitative estimate of drug-likeness (QED) is 0.0235. The lowest BCUT2D eigenvalue weighted by Crippen LogP contribution is -2.51. The van der Waals surface area contributed by atoms with E-state index in [2.05, 4.69) is 13.8 Å². The van der Waals surface area contributed by atoms with Gasteiger partial charge in [0.15, 0.2) is 11.6 Å². The third kappa shape index (κ3) is 15.7. The zero-order valence-electron chi connectivity index (χ0n) is 56.3. The zero-order chi connectivity index (χ0) is 66.0. The minimum atomic E-state index is -0.678. The molecule has 494 valence electrons. The van der Waals surface area contributed by atoms with Gasteiger partial charge >= 0.3 is 0 Å². The summed E-state index contributed by atoms with van der Waals surface area (Å²) in [7, 11) is 0. The molecular formula is C78H102N4O10. The Morgan fingerprint density at radius 3 is 0.761 bits per heavy atom. The average Bonchev–Trinajstić information content (AvgIpc) is 1.61. The van der Waals surface area contributed by atoms with E-state index in [9.17, 15) is 47.9 Å². The number of fused-ring (bicyclic) bond motifs is 4. The molecule has 0 spiro atoms. The van der Waals surface area contributed by atoms with E-state index in [4.69, 9.17) is 0 Å². The second-order valence-electron chi connectivity index (χ2n) is 26.7. The SMILES string of the molecule is CCCCCCCCCCCCC(CC)(CC)N1C(=O)c2ccc(C(=O)c3ccc4c(c3)C(=O)N(CCCCCCCCCCCCC(CC)(CC)N3C(=O)c5ccc(C(=O)c6ccc7c(c6)C(=O)N(CCCCCCCCCC)C7=O)cc5C3=O)C4=O)cc2C1=O. The van der Waals surface area contributed by atoms with Gasteiger partial charge in [-0.1, -0.05) is 233 Å². The first-order chi connectivity index (χ1) is 44.6. The number of ketones is 2. The van der Waals surface area contributed by atoms with E-state index < -0.39 is 40.4 Å². The molecule has 0 aliphatic carbocycles. The van der Waals surface area contributed by atoms with Gasteiger partial charge in [-0.05, 0) is 99.9 Å². The Labute approximate surface area is 547 Å². The Bertz CT molecular complexity index is 3350. The summed E-state index contributed by atoms with van der Waals surface area (Å²) < 4.78 is 0. The van der Waals surface area contributed by atoms with Crippen molar-refractivity contribution in [1.29, 1.82) is 0 Å². The van der Waals surface area contributed by atoms with Crippen molar-refractivity contribution in [3.63, 3.8) is 0 Å². The summed E-state index contributed by atoms with van der Waals surface area (Å²) in [6.07, 6.45) is 34.2. The smallest absolute Gasteiger partial charge is 0.262 e. The van der Waals surface area contributed by atoms with E-state index in [-0.39, 0.29) is 97.3 Å². The summed E-state index contributed by atoms with van der Waals surface area (Å²) in [5.74, 6) is -3.78. The molecular weight excluding hydrogens is 1150 g/mol. The highest BCUT2D eigenvalue weighted by atomic mass is 16.2. The highest BCUT2D eigenvalue weighted by molar-refractivity contribution is 6.26. The normalized spacial score (nSPS) is 14.6. The number of rotatable bonds is 43. The highest BCUT2D eigenvalue weighted by Gasteiger charge is 2.49. The van der Waals surface area contributed by atoms with Crippen LogP contribution in [0, 0.1) is 0 Å². The molecule has 4 aliphatic rings. The van der Waals surface area contributed by atoms with Gasteiger partial charge < -0.3 is 0 Å². The number of carbonyl (C=O) groups excluding carboxylic acids is 10. The topological polar surface area (TPSA) is 184 Å². The number of imide groups is 4. The molecule has 0 saturated heterocycles. The minimum Gasteiger partial charge on any atom is -0.289 e. The van der Waals surface area contributed by atoms with Crippen molar-refractivity contribution in [3.05, 3.63) is 140 Å². The third-order valence-corrected chi connectivity index (χ3v) is 20.8. The summed E-state index contributed by atoms with van der Waals surface area (Å²) >= 11 is 0. The molecule has 0 aromatic heterocycles. The van der Waals surface area contributed by atoms with Gasteiger partial charge in [0.2, 0.25) is 0 Å². The molecule has 0 N–H and O–H groups in total. The van der Waals surface area contributed by atoms with Crippen LogP contribution in [0.5, 0.6) is 0 Å². The van der Waals surface area contributed by atoms with Gasteiger partial charge in [0, 0.05) is 35.3 Å². The van der Waals surface area contributed by atoms with E-state index in [1.807, 2.05) is 27.7 Å². The fourth-order valence-corrected chi connectivity index (χ4v) is 14.8. The summed E-state index contributed by atoms with van der Waals surface area (Å²) in [4.78, 5) is 144. The molecule has 92 heavy (non-hydrogen) atoms. The maximum atomic E-state index is 14.2. The molecule has 4 aliphatic heterocycles. The maximum Gasteiger partial charge on any atom is 0.262 e. The van der Waals surface area contributed by atoms with Gasteiger partial charge in [-0.3, -0.25) is 67.5 Å². The van der Waals surface area contributed by atoms with Crippen molar-refractivity contribution in [2.75, 3.05) is 13.1 Å². The molecule has 0 atom stereocenters. The molecule has 0 bridgehead atoms. The Balaban J connectivity index is 0.731. The van der Waals surface area contributed by atoms with E-state index >= 15 is 0 Å². The average molecular weight is 1260 g/mol. The summed E-state index contributed by atoms with van der Waals surface area (Å²) in [5.41, 5.74) is 1.58. The maximum absolute atomic E-state index is 14.2. The Kier molecular flexibility index (Phi) is 25.8. The molecule has 4 heterocycles. The predicted octanol–water partition coefficient (Wildman–Crippen LogP) is 18.1. The van der Waals surface area contributed by atoms with Crippen LogP contribution in [0.2, 0.25) is 0 Å². The van der Waals surface area contributed by atoms with E-state index in [1.54, 1.807) is 42.5 Å². The number of unbranched alkanes of at least 4 members (excludes halogenated alkanes) is 25. The fourth-order valence-electron chi connectivity index (χ4n) is 14.8. The van der Waals surface area contributed by atoms with Crippen LogP contribution in [-0.2, 0) is 0 Å². The third-order valence-electron chi connectivity index (χ3n) is 20.8. The number of nitrogens with zero attached hydrogens (tertiary/aromatic N) is 4. The molecule has 14 heteroatoms. The van der Waals surface area contributed by atoms with Gasteiger partial charge in [0.1, 0.15) is 0 Å². The van der Waals surface area contributed by atoms with Gasteiger partial charge in [-0.15, -0.1) is 0 Å². The minimum absolute atomic E-state index is 0.189. The van der Waals surface area contributed by atoms with Crippen LogP contribution >= 0.6 is 0 Å². The van der Waals surface area contributed by atoms with Crippen LogP contribution in [0.4, 0.5) is 0 Å². The van der Waals surface area contributed by atoms with Gasteiger partial charge in [-0.25, -0.2) is 0 Å². The lowest BCUT2D eigenvalue weighted by molar-refractivity contribution is 0.0354. The van der Waals surface area contributed by atoms with E-state index in [1.165, 1.54) is 121 Å². The molecule has 4 aromatic rings. The second-order valence-corrected chi connectivity index (χ2v) is 26.7. The molecule has 0 saturated carbocycles. The largest absolute Gasteiger partial charge is 0.289 e. The van der Waals surface area contributed by atoms with Crippen LogP contribution in [-0.4, -0.2) is 103 Å². The Morgan fingerprint density at radius 2 is 0.489 bits per heavy atom. The van der Waals surface area contributed by atoms with Crippen LogP contribution in [0.25, 0.3) is 0 Å². The second kappa shape index (κ2) is 33.6. The predicted molar refractivity (Wildman–Crippen MR) is 361 cm³/mol. The first-order valence-electron chi connectivity index (χ1n) is 35.7. The first kappa shape index (κ1) is 70.6. The molecule has 0 radical (unpaired) electrons. The molecule has 8 amide bonds. The molecule has 4 aromatic carbocycles. The van der Waals surface area contributed by atoms with Crippen molar-refractivity contribution in [2.45, 2.75) is 271 Å². The van der Waals surface area contributed by atoms with Crippen LogP contribution in [0.1, 0.15) is 375 Å². The number of benzene rings is 4. The van der Waals surface area contributed by atoms with Crippen LogP contribution in [0.3, 0.4) is 0 Å². The fraction of sp³-hybridized carbons (Fsp3) is 0.564. The molecule has 8 rings (SSSR count). The van der Waals surface area contributed by atoms with Gasteiger partial charge in [0.05, 0.1) is 55.6 Å². The molecule has 0 unspecified atom stereocenters. The Morgan fingerprint density at radius 1 is 0.272 bits per heavy atom. The lowest BCUT2D eigenvalue weighted by atomic mass is 9.84. The van der Waals surface area contributed by atoms with Crippen LogP contribution in [0.15, 0.2) is 72.8 Å². The Hall–Kier alpha value is -7.22. The van der Waals surface area contributed by atoms with Crippen molar-refractivity contribution >= 4 is 58.8 Å². The summed E-state index contributed by atoms with van der Waals surface area (Å²) in [6, 6.07) is 18.4. The lowest BCUT2D eigenvalue weighted by Gasteiger charge is -2.39. The zero-order valence-corrected chi connectivity index (χ0v) is 56.3. The number of amides is 8. The van der Waals surface area contributed by atoms with Gasteiger partial charge in [-0.2, -0.15) is 0 Å². The number of carbonyl (C=O) groups is 10. The van der Waals surface area contributed by atoms with Crippen molar-refractivity contribution < 1.29 is 47.9 Å². The van der Waals surface area contributed by atoms with Gasteiger partial charge in [0.25, 0.3) is 47.3 Å². The monoisotopic (exact) mass is 1250 g/mol. The highest BCUT2D eigenvalue weighted by Crippen LogP contribution is 2.41. The van der Waals surface area contributed by atoms with Crippen LogP contribution < -0.4 is 0 Å². The standard InChI is InChI=1S/C78H102N4O10/c1-7-13-15-17-19-21-24-27-31-35-47-77(9-3,10-4)81-73(89)61-45-41-58(53-65(61)75(81)91)68(84)56-40-44-60-64(52-56)72(88)80(70(60)86)50-38-34-30-26-23-22-25-28-32-36-48-78(11-5,12-6)82-74(90)62-46-42-57(54-66(62)76(82)92)67(83)55-39-43-59-63(51-55)71(87)79(69(59)85)49-37-33-29-20-18-16-14-8-2/h39-46,51-54H,7-38,47-50H2,1-6H3. The number of hydrogen-bond acceptors (Lipinski definition) is 10. The molecule has 14 nitrogen and oxygen atoms in total. The van der Waals surface area contributed by atoms with Crippen molar-refractivity contribution in [2.24, 2.45) is 0 Å². The van der Waals surface area contributed by atoms with E-state index in [0.717, 1.165) is 109 Å². The van der Waals surface area contributed by atoms with E-state index in [0.29, 0.717) is 50.6 Å². The van der Waals surface area contributed by atoms with Crippen molar-refractivity contribution in [1.82, 2.24) is 19.6 Å². The molecule has 0 fully saturated rings. The van der Waals surface area contributed by atoms with Crippen molar-refractivity contribution in [3.8, 4) is 0 Å².